The van der Waals surface area contributed by atoms with Gasteiger partial charge in [0.25, 0.3) is 0 Å². The minimum atomic E-state index is 0.708. The van der Waals surface area contributed by atoms with Crippen molar-refractivity contribution >= 4 is 10.8 Å². The first-order chi connectivity index (χ1) is 11.9. The molecule has 3 nitrogen and oxygen atoms in total. The van der Waals surface area contributed by atoms with E-state index in [2.05, 4.69) is 17.1 Å². The average Bonchev–Trinajstić information content (AvgIpc) is 2.65. The smallest absolute Gasteiger partial charge is 0.179 e. The third kappa shape index (κ3) is 1.95. The molecule has 0 radical (unpaired) electrons. The molecule has 0 saturated heterocycles. The van der Waals surface area contributed by atoms with Crippen LogP contribution in [-0.2, 0) is 0 Å². The second-order valence-electron chi connectivity index (χ2n) is 5.66. The van der Waals surface area contributed by atoms with Crippen molar-refractivity contribution in [3.05, 3.63) is 79.0 Å². The summed E-state index contributed by atoms with van der Waals surface area (Å²) >= 11 is 0. The lowest BCUT2D eigenvalue weighted by Gasteiger charge is -2.22. The van der Waals surface area contributed by atoms with E-state index in [9.17, 15) is 0 Å². The third-order valence-electron chi connectivity index (χ3n) is 4.19. The number of ether oxygens (including phenoxy) is 2. The molecule has 0 N–H and O–H groups in total. The first-order valence-electron chi connectivity index (χ1n) is 7.82. The highest BCUT2D eigenvalue weighted by Crippen LogP contribution is 2.49. The molecule has 114 valence electrons. The Morgan fingerprint density at radius 2 is 1.38 bits per heavy atom. The van der Waals surface area contributed by atoms with E-state index >= 15 is 0 Å². The monoisotopic (exact) mass is 311 g/mol. The van der Waals surface area contributed by atoms with Crippen LogP contribution in [0.25, 0.3) is 22.0 Å². The molecule has 5 rings (SSSR count). The number of fused-ring (bicyclic) bond motifs is 3. The summed E-state index contributed by atoms with van der Waals surface area (Å²) < 4.78 is 12.1. The molecule has 0 amide bonds. The molecule has 3 heteroatoms. The van der Waals surface area contributed by atoms with Gasteiger partial charge in [-0.15, -0.1) is 0 Å². The van der Waals surface area contributed by atoms with Gasteiger partial charge in [0.2, 0.25) is 0 Å². The Kier molecular flexibility index (Phi) is 2.79. The van der Waals surface area contributed by atoms with Crippen molar-refractivity contribution in [1.29, 1.82) is 0 Å². The Morgan fingerprint density at radius 3 is 2.29 bits per heavy atom. The van der Waals surface area contributed by atoms with E-state index in [0.29, 0.717) is 11.5 Å². The van der Waals surface area contributed by atoms with Crippen LogP contribution in [-0.4, -0.2) is 4.98 Å². The maximum atomic E-state index is 6.15. The number of hydrogen-bond donors (Lipinski definition) is 0. The molecule has 4 aromatic rings. The molecule has 1 aromatic heterocycles. The maximum Gasteiger partial charge on any atom is 0.179 e. The van der Waals surface area contributed by atoms with Gasteiger partial charge >= 0.3 is 0 Å². The van der Waals surface area contributed by atoms with Gasteiger partial charge < -0.3 is 9.47 Å². The summed E-state index contributed by atoms with van der Waals surface area (Å²) in [4.78, 5) is 4.61. The first-order valence-corrected chi connectivity index (χ1v) is 7.82. The number of hydrogen-bond acceptors (Lipinski definition) is 3. The van der Waals surface area contributed by atoms with Gasteiger partial charge in [0.1, 0.15) is 0 Å². The van der Waals surface area contributed by atoms with Crippen LogP contribution in [0, 0.1) is 0 Å². The van der Waals surface area contributed by atoms with Crippen molar-refractivity contribution in [2.75, 3.05) is 0 Å². The highest BCUT2D eigenvalue weighted by Gasteiger charge is 2.23. The summed E-state index contributed by atoms with van der Waals surface area (Å²) in [5.74, 6) is 2.87. The summed E-state index contributed by atoms with van der Waals surface area (Å²) in [6.45, 7) is 0. The van der Waals surface area contributed by atoms with Crippen LogP contribution in [0.15, 0.2) is 79.0 Å². The first kappa shape index (κ1) is 13.1. The zero-order chi connectivity index (χ0) is 15.9. The van der Waals surface area contributed by atoms with Gasteiger partial charge in [0.05, 0.1) is 5.69 Å². The van der Waals surface area contributed by atoms with Crippen LogP contribution >= 0.6 is 0 Å². The maximum absolute atomic E-state index is 6.15. The zero-order valence-corrected chi connectivity index (χ0v) is 12.8. The van der Waals surface area contributed by atoms with E-state index < -0.39 is 0 Å². The molecule has 2 heterocycles. The van der Waals surface area contributed by atoms with Crippen molar-refractivity contribution in [2.45, 2.75) is 0 Å². The van der Waals surface area contributed by atoms with Crippen LogP contribution < -0.4 is 9.47 Å². The van der Waals surface area contributed by atoms with E-state index in [-0.39, 0.29) is 0 Å². The standard InChI is InChI=1S/C21H13NO2/c1-2-7-15-14(6-1)12-13-22-20(15)16-8-5-11-19-21(16)24-18-10-4-3-9-17(18)23-19/h1-13H. The van der Waals surface area contributed by atoms with E-state index in [4.69, 9.17) is 9.47 Å². The Balaban J connectivity index is 1.74. The predicted molar refractivity (Wildman–Crippen MR) is 93.8 cm³/mol. The summed E-state index contributed by atoms with van der Waals surface area (Å²) in [6, 6.07) is 23.8. The van der Waals surface area contributed by atoms with Crippen LogP contribution in [0.1, 0.15) is 0 Å². The van der Waals surface area contributed by atoms with Gasteiger partial charge in [-0.25, -0.2) is 0 Å². The van der Waals surface area contributed by atoms with Crippen LogP contribution in [0.4, 0.5) is 0 Å². The number of rotatable bonds is 1. The number of nitrogens with zero attached hydrogens (tertiary/aromatic N) is 1. The Labute approximate surface area is 139 Å². The van der Waals surface area contributed by atoms with Gasteiger partial charge in [0.15, 0.2) is 23.0 Å². The second kappa shape index (κ2) is 5.10. The van der Waals surface area contributed by atoms with Gasteiger partial charge in [0, 0.05) is 17.1 Å². The molecule has 1 aliphatic heterocycles. The van der Waals surface area contributed by atoms with Crippen molar-refractivity contribution in [3.63, 3.8) is 0 Å². The van der Waals surface area contributed by atoms with E-state index in [0.717, 1.165) is 33.5 Å². The molecule has 0 aliphatic carbocycles. The van der Waals surface area contributed by atoms with E-state index in [1.54, 1.807) is 0 Å². The third-order valence-corrected chi connectivity index (χ3v) is 4.19. The molecule has 0 saturated carbocycles. The number of para-hydroxylation sites is 3. The zero-order valence-electron chi connectivity index (χ0n) is 12.8. The molecule has 0 bridgehead atoms. The van der Waals surface area contributed by atoms with Crippen molar-refractivity contribution in [1.82, 2.24) is 4.98 Å². The van der Waals surface area contributed by atoms with Gasteiger partial charge in [-0.2, -0.15) is 0 Å². The molecule has 0 unspecified atom stereocenters. The van der Waals surface area contributed by atoms with Crippen molar-refractivity contribution in [3.8, 4) is 34.3 Å². The fourth-order valence-corrected chi connectivity index (χ4v) is 3.07. The lowest BCUT2D eigenvalue weighted by Crippen LogP contribution is -2.00. The largest absolute Gasteiger partial charge is 0.449 e. The summed E-state index contributed by atoms with van der Waals surface area (Å²) in [5.41, 5.74) is 1.83. The minimum absolute atomic E-state index is 0.708. The van der Waals surface area contributed by atoms with Crippen molar-refractivity contribution in [2.24, 2.45) is 0 Å². The molecule has 3 aromatic carbocycles. The second-order valence-corrected chi connectivity index (χ2v) is 5.66. The average molecular weight is 311 g/mol. The SMILES string of the molecule is c1ccc2c(c1)Oc1cccc(-c3nccc4ccccc34)c1O2. The lowest BCUT2D eigenvalue weighted by atomic mass is 10.0. The highest BCUT2D eigenvalue weighted by molar-refractivity contribution is 5.96. The Morgan fingerprint density at radius 1 is 0.625 bits per heavy atom. The van der Waals surface area contributed by atoms with Gasteiger partial charge in [-0.3, -0.25) is 4.98 Å². The Bertz CT molecular complexity index is 1070. The van der Waals surface area contributed by atoms with Gasteiger partial charge in [-0.05, 0) is 35.7 Å². The number of pyridine rings is 1. The summed E-state index contributed by atoms with van der Waals surface area (Å²) in [5, 5.41) is 2.24. The fourth-order valence-electron chi connectivity index (χ4n) is 3.07. The Hall–Kier alpha value is -3.33. The molecule has 0 spiro atoms. The lowest BCUT2D eigenvalue weighted by molar-refractivity contribution is 0.360. The number of benzene rings is 3. The van der Waals surface area contributed by atoms with E-state index in [1.165, 1.54) is 0 Å². The predicted octanol–water partition coefficient (Wildman–Crippen LogP) is 5.80. The molecule has 0 fully saturated rings. The molecule has 0 atom stereocenters. The fraction of sp³-hybridized carbons (Fsp3) is 0. The summed E-state index contributed by atoms with van der Waals surface area (Å²) in [7, 11) is 0. The highest BCUT2D eigenvalue weighted by atomic mass is 16.6. The van der Waals surface area contributed by atoms with Crippen molar-refractivity contribution < 1.29 is 9.47 Å². The van der Waals surface area contributed by atoms with Gasteiger partial charge in [-0.1, -0.05) is 42.5 Å². The summed E-state index contributed by atoms with van der Waals surface area (Å²) in [6.07, 6.45) is 1.83. The van der Waals surface area contributed by atoms with Crippen LogP contribution in [0.2, 0.25) is 0 Å². The molecular weight excluding hydrogens is 298 g/mol. The van der Waals surface area contributed by atoms with E-state index in [1.807, 2.05) is 66.9 Å². The molecule has 1 aliphatic rings. The topological polar surface area (TPSA) is 31.4 Å². The normalized spacial score (nSPS) is 12.0. The van der Waals surface area contributed by atoms with Crippen LogP contribution in [0.5, 0.6) is 23.0 Å². The number of aromatic nitrogens is 1. The molecular formula is C21H13NO2. The minimum Gasteiger partial charge on any atom is -0.449 e. The quantitative estimate of drug-likeness (QED) is 0.392. The van der Waals surface area contributed by atoms with Crippen LogP contribution in [0.3, 0.4) is 0 Å². The molecule has 24 heavy (non-hydrogen) atoms.